The number of carbonyl (C=O) groups excluding carboxylic acids is 2. The first-order valence-electron chi connectivity index (χ1n) is 10.5. The summed E-state index contributed by atoms with van der Waals surface area (Å²) in [5, 5.41) is 11.1. The van der Waals surface area contributed by atoms with E-state index in [0.717, 1.165) is 42.7 Å². The molecule has 1 aliphatic carbocycles. The van der Waals surface area contributed by atoms with Crippen molar-refractivity contribution < 1.29 is 14.1 Å². The van der Waals surface area contributed by atoms with Gasteiger partial charge in [0.2, 0.25) is 5.91 Å². The van der Waals surface area contributed by atoms with Crippen molar-refractivity contribution in [3.63, 3.8) is 0 Å². The Morgan fingerprint density at radius 2 is 1.94 bits per heavy atom. The highest BCUT2D eigenvalue weighted by Crippen LogP contribution is 2.38. The number of halogens is 1. The molecule has 0 spiro atoms. The summed E-state index contributed by atoms with van der Waals surface area (Å²) in [6.07, 6.45) is 3.91. The van der Waals surface area contributed by atoms with Crippen LogP contribution in [0.2, 0.25) is 5.02 Å². The molecule has 7 nitrogen and oxygen atoms in total. The van der Waals surface area contributed by atoms with E-state index in [-0.39, 0.29) is 18.4 Å². The van der Waals surface area contributed by atoms with E-state index >= 15 is 0 Å². The number of fused-ring (bicyclic) bond motifs is 1. The molecule has 2 N–H and O–H groups in total. The molecule has 0 unspecified atom stereocenters. The van der Waals surface area contributed by atoms with Gasteiger partial charge in [-0.2, -0.15) is 0 Å². The summed E-state index contributed by atoms with van der Waals surface area (Å²) in [4.78, 5) is 29.0. The summed E-state index contributed by atoms with van der Waals surface area (Å²) in [5.74, 6) is 0.346. The Labute approximate surface area is 195 Å². The second kappa shape index (κ2) is 9.85. The molecule has 0 aliphatic heterocycles. The molecule has 0 saturated carbocycles. The van der Waals surface area contributed by atoms with Crippen LogP contribution in [0.5, 0.6) is 0 Å². The van der Waals surface area contributed by atoms with Crippen LogP contribution in [0.3, 0.4) is 0 Å². The molecule has 2 heterocycles. The SMILES string of the molecule is Cc1cc(CN(C)CC(=O)Nc2sc3c(c2C(=O)Nc2ccc(Cl)cc2)CCCC3)no1. The average molecular weight is 473 g/mol. The molecule has 168 valence electrons. The minimum Gasteiger partial charge on any atom is -0.361 e. The largest absolute Gasteiger partial charge is 0.361 e. The smallest absolute Gasteiger partial charge is 0.258 e. The summed E-state index contributed by atoms with van der Waals surface area (Å²) >= 11 is 7.45. The van der Waals surface area contributed by atoms with Crippen molar-refractivity contribution in [1.29, 1.82) is 0 Å². The van der Waals surface area contributed by atoms with E-state index < -0.39 is 0 Å². The lowest BCUT2D eigenvalue weighted by molar-refractivity contribution is -0.117. The predicted molar refractivity (Wildman–Crippen MR) is 127 cm³/mol. The number of nitrogens with zero attached hydrogens (tertiary/aromatic N) is 2. The van der Waals surface area contributed by atoms with Gasteiger partial charge in [-0.15, -0.1) is 11.3 Å². The molecule has 3 aromatic rings. The highest BCUT2D eigenvalue weighted by molar-refractivity contribution is 7.17. The van der Waals surface area contributed by atoms with Crippen LogP contribution in [-0.4, -0.2) is 35.5 Å². The highest BCUT2D eigenvalue weighted by atomic mass is 35.5. The number of benzene rings is 1. The van der Waals surface area contributed by atoms with E-state index in [9.17, 15) is 9.59 Å². The molecule has 0 fully saturated rings. The van der Waals surface area contributed by atoms with Gasteiger partial charge in [-0.05, 0) is 69.5 Å². The van der Waals surface area contributed by atoms with Crippen molar-refractivity contribution >= 4 is 45.4 Å². The third-order valence-electron chi connectivity index (χ3n) is 5.28. The Kier molecular flexibility index (Phi) is 6.93. The van der Waals surface area contributed by atoms with Crippen molar-refractivity contribution in [1.82, 2.24) is 10.1 Å². The van der Waals surface area contributed by atoms with Gasteiger partial charge in [0.25, 0.3) is 5.91 Å². The molecule has 0 radical (unpaired) electrons. The number of carbonyl (C=O) groups is 2. The lowest BCUT2D eigenvalue weighted by Gasteiger charge is -2.15. The fraction of sp³-hybridized carbons (Fsp3) is 0.348. The third-order valence-corrected chi connectivity index (χ3v) is 6.73. The molecule has 0 bridgehead atoms. The van der Waals surface area contributed by atoms with E-state index in [2.05, 4.69) is 15.8 Å². The van der Waals surface area contributed by atoms with E-state index in [1.807, 2.05) is 24.9 Å². The summed E-state index contributed by atoms with van der Waals surface area (Å²) < 4.78 is 5.08. The Morgan fingerprint density at radius 3 is 2.66 bits per heavy atom. The molecule has 0 saturated heterocycles. The zero-order valence-electron chi connectivity index (χ0n) is 18.0. The van der Waals surface area contributed by atoms with Crippen LogP contribution in [0.1, 0.15) is 45.1 Å². The molecule has 2 amide bonds. The fourth-order valence-electron chi connectivity index (χ4n) is 3.86. The molecule has 9 heteroatoms. The van der Waals surface area contributed by atoms with Crippen LogP contribution in [-0.2, 0) is 24.2 Å². The van der Waals surface area contributed by atoms with Crippen LogP contribution in [0, 0.1) is 6.92 Å². The molecule has 4 rings (SSSR count). The molecule has 32 heavy (non-hydrogen) atoms. The standard InChI is InChI=1S/C23H25ClN4O3S/c1-14-11-17(27-31-14)12-28(2)13-20(29)26-23-21(18-5-3-4-6-19(18)32-23)22(30)25-16-9-7-15(24)8-10-16/h7-11H,3-6,12-13H2,1-2H3,(H,25,30)(H,26,29). The number of aromatic nitrogens is 1. The van der Waals surface area contributed by atoms with Crippen molar-refractivity contribution in [3.05, 3.63) is 62.8 Å². The molecular weight excluding hydrogens is 448 g/mol. The van der Waals surface area contributed by atoms with Crippen LogP contribution in [0.25, 0.3) is 0 Å². The van der Waals surface area contributed by atoms with E-state index in [1.54, 1.807) is 24.3 Å². The van der Waals surface area contributed by atoms with Gasteiger partial charge in [-0.25, -0.2) is 0 Å². The number of nitrogens with one attached hydrogen (secondary N) is 2. The molecular formula is C23H25ClN4O3S. The Balaban J connectivity index is 1.48. The monoisotopic (exact) mass is 472 g/mol. The number of likely N-dealkylation sites (N-methyl/N-ethyl adjacent to an activating group) is 1. The van der Waals surface area contributed by atoms with E-state index in [4.69, 9.17) is 16.1 Å². The van der Waals surface area contributed by atoms with Gasteiger partial charge < -0.3 is 15.2 Å². The number of rotatable bonds is 7. The summed E-state index contributed by atoms with van der Waals surface area (Å²) in [7, 11) is 1.84. The van der Waals surface area contributed by atoms with Gasteiger partial charge in [-0.1, -0.05) is 16.8 Å². The van der Waals surface area contributed by atoms with Gasteiger partial charge in [0, 0.05) is 28.2 Å². The zero-order valence-corrected chi connectivity index (χ0v) is 19.6. The molecule has 1 aromatic carbocycles. The van der Waals surface area contributed by atoms with Gasteiger partial charge >= 0.3 is 0 Å². The third kappa shape index (κ3) is 5.38. The van der Waals surface area contributed by atoms with Crippen LogP contribution < -0.4 is 10.6 Å². The number of thiophene rings is 1. The normalized spacial score (nSPS) is 13.1. The summed E-state index contributed by atoms with van der Waals surface area (Å²) in [6.45, 7) is 2.50. The first-order valence-corrected chi connectivity index (χ1v) is 11.7. The van der Waals surface area contributed by atoms with Crippen molar-refractivity contribution in [3.8, 4) is 0 Å². The number of hydrogen-bond acceptors (Lipinski definition) is 6. The van der Waals surface area contributed by atoms with Crippen molar-refractivity contribution in [2.24, 2.45) is 0 Å². The molecule has 2 aromatic heterocycles. The Morgan fingerprint density at radius 1 is 1.19 bits per heavy atom. The van der Waals surface area contributed by atoms with Gasteiger partial charge in [-0.3, -0.25) is 14.5 Å². The summed E-state index contributed by atoms with van der Waals surface area (Å²) in [6, 6.07) is 8.83. The summed E-state index contributed by atoms with van der Waals surface area (Å²) in [5.41, 5.74) is 3.06. The Hall–Kier alpha value is -2.68. The molecule has 0 atom stereocenters. The first kappa shape index (κ1) is 22.5. The highest BCUT2D eigenvalue weighted by Gasteiger charge is 2.26. The van der Waals surface area contributed by atoms with Crippen LogP contribution in [0.15, 0.2) is 34.9 Å². The van der Waals surface area contributed by atoms with E-state index in [0.29, 0.717) is 27.8 Å². The van der Waals surface area contributed by atoms with Gasteiger partial charge in [0.15, 0.2) is 0 Å². The maximum atomic E-state index is 13.2. The maximum absolute atomic E-state index is 13.2. The zero-order chi connectivity index (χ0) is 22.7. The minimum atomic E-state index is -0.214. The second-order valence-electron chi connectivity index (χ2n) is 8.03. The van der Waals surface area contributed by atoms with Crippen molar-refractivity contribution in [2.75, 3.05) is 24.2 Å². The number of anilines is 2. The van der Waals surface area contributed by atoms with E-state index in [1.165, 1.54) is 16.2 Å². The predicted octanol–water partition coefficient (Wildman–Crippen LogP) is 4.90. The van der Waals surface area contributed by atoms with Crippen molar-refractivity contribution in [2.45, 2.75) is 39.2 Å². The second-order valence-corrected chi connectivity index (χ2v) is 9.57. The van der Waals surface area contributed by atoms with Crippen LogP contribution in [0.4, 0.5) is 10.7 Å². The average Bonchev–Trinajstić information content (AvgIpc) is 3.31. The first-order chi connectivity index (χ1) is 15.4. The molecule has 1 aliphatic rings. The fourth-order valence-corrected chi connectivity index (χ4v) is 5.29. The van der Waals surface area contributed by atoms with Gasteiger partial charge in [0.1, 0.15) is 10.8 Å². The lowest BCUT2D eigenvalue weighted by Crippen LogP contribution is -2.30. The maximum Gasteiger partial charge on any atom is 0.258 e. The lowest BCUT2D eigenvalue weighted by atomic mass is 9.95. The topological polar surface area (TPSA) is 87.5 Å². The minimum absolute atomic E-state index is 0.173. The number of hydrogen-bond donors (Lipinski definition) is 2. The Bertz CT molecular complexity index is 1120. The van der Waals surface area contributed by atoms with Gasteiger partial charge in [0.05, 0.1) is 17.8 Å². The number of aryl methyl sites for hydroxylation is 2. The van der Waals surface area contributed by atoms with Crippen LogP contribution >= 0.6 is 22.9 Å². The quantitative estimate of drug-likeness (QED) is 0.510. The number of amides is 2.